The molecule has 0 saturated carbocycles. The molecule has 41 heavy (non-hydrogen) atoms. The molecule has 0 spiro atoms. The molecule has 1 fully saturated rings. The topological polar surface area (TPSA) is 144 Å². The van der Waals surface area contributed by atoms with E-state index in [0.717, 1.165) is 54.0 Å². The number of primary amides is 1. The highest BCUT2D eigenvalue weighted by Gasteiger charge is 2.23. The van der Waals surface area contributed by atoms with Gasteiger partial charge in [-0.2, -0.15) is 0 Å². The Labute approximate surface area is 239 Å². The van der Waals surface area contributed by atoms with Crippen molar-refractivity contribution in [2.75, 3.05) is 49.5 Å². The van der Waals surface area contributed by atoms with Crippen LogP contribution in [-0.2, 0) is 14.6 Å². The maximum atomic E-state index is 11.8. The maximum absolute atomic E-state index is 11.8. The summed E-state index contributed by atoms with van der Waals surface area (Å²) in [6.07, 6.45) is 4.83. The van der Waals surface area contributed by atoms with Crippen molar-refractivity contribution in [1.29, 1.82) is 0 Å². The quantitative estimate of drug-likeness (QED) is 0.258. The predicted molar refractivity (Wildman–Crippen MR) is 160 cm³/mol. The van der Waals surface area contributed by atoms with Crippen LogP contribution in [0.25, 0.3) is 16.8 Å². The molecule has 1 aliphatic rings. The van der Waals surface area contributed by atoms with Crippen molar-refractivity contribution in [2.24, 2.45) is 5.73 Å². The highest BCUT2D eigenvalue weighted by atomic mass is 32.2. The molecule has 0 bridgehead atoms. The van der Waals surface area contributed by atoms with Gasteiger partial charge >= 0.3 is 0 Å². The first-order valence-electron chi connectivity index (χ1n) is 13.4. The third-order valence-corrected chi connectivity index (χ3v) is 7.99. The van der Waals surface area contributed by atoms with Crippen LogP contribution >= 0.6 is 0 Å². The van der Waals surface area contributed by atoms with Crippen LogP contribution in [0.3, 0.4) is 0 Å². The Balaban J connectivity index is 1.40. The van der Waals surface area contributed by atoms with Gasteiger partial charge in [0.1, 0.15) is 11.6 Å². The van der Waals surface area contributed by atoms with E-state index in [4.69, 9.17) is 15.6 Å². The Hall–Kier alpha value is -4.16. The summed E-state index contributed by atoms with van der Waals surface area (Å²) in [5, 5.41) is 11.1. The zero-order valence-electron chi connectivity index (χ0n) is 23.4. The summed E-state index contributed by atoms with van der Waals surface area (Å²) >= 11 is 0. The summed E-state index contributed by atoms with van der Waals surface area (Å²) in [5.74, 6) is 0.982. The van der Waals surface area contributed by atoms with E-state index in [9.17, 15) is 13.2 Å². The van der Waals surface area contributed by atoms with Crippen molar-refractivity contribution < 1.29 is 17.9 Å². The van der Waals surface area contributed by atoms with Crippen LogP contribution in [0.2, 0.25) is 0 Å². The van der Waals surface area contributed by atoms with Crippen LogP contribution in [0.5, 0.6) is 5.75 Å². The SMILES string of the molecule is COc1cc(C2CCN(CC(N)=O)CC2)ccc1Nc1ncc2cc(C)c(-c3ccccc3NCS(C)(=O)=O)n2n1. The number of likely N-dealkylation sites (tertiary alicyclic amines) is 1. The van der Waals surface area contributed by atoms with E-state index in [1.54, 1.807) is 13.3 Å². The fourth-order valence-electron chi connectivity index (χ4n) is 5.36. The lowest BCUT2D eigenvalue weighted by atomic mass is 9.89. The first-order chi connectivity index (χ1) is 19.6. The molecule has 11 nitrogen and oxygen atoms in total. The van der Waals surface area contributed by atoms with Crippen LogP contribution in [0.4, 0.5) is 17.3 Å². The van der Waals surface area contributed by atoms with Gasteiger partial charge in [0.15, 0.2) is 9.84 Å². The molecule has 12 heteroatoms. The first-order valence-corrected chi connectivity index (χ1v) is 15.5. The molecule has 1 saturated heterocycles. The van der Waals surface area contributed by atoms with Gasteiger partial charge in [0.05, 0.1) is 36.7 Å². The number of aryl methyl sites for hydroxylation is 1. The lowest BCUT2D eigenvalue weighted by Gasteiger charge is -2.31. The van der Waals surface area contributed by atoms with Gasteiger partial charge in [-0.3, -0.25) is 9.69 Å². The number of amides is 1. The van der Waals surface area contributed by atoms with Gasteiger partial charge in [0.25, 0.3) is 0 Å². The van der Waals surface area contributed by atoms with E-state index in [-0.39, 0.29) is 11.8 Å². The molecular weight excluding hydrogens is 542 g/mol. The molecule has 3 heterocycles. The van der Waals surface area contributed by atoms with Gasteiger partial charge in [0, 0.05) is 17.5 Å². The molecule has 1 aliphatic heterocycles. The monoisotopic (exact) mass is 577 g/mol. The number of para-hydroxylation sites is 1. The molecule has 5 rings (SSSR count). The molecule has 0 radical (unpaired) electrons. The molecule has 0 aliphatic carbocycles. The average molecular weight is 578 g/mol. The van der Waals surface area contributed by atoms with Gasteiger partial charge in [-0.05, 0) is 74.2 Å². The Morgan fingerprint density at radius 1 is 1.12 bits per heavy atom. The fourth-order valence-corrected chi connectivity index (χ4v) is 5.78. The minimum absolute atomic E-state index is 0.170. The number of anilines is 3. The summed E-state index contributed by atoms with van der Waals surface area (Å²) in [5.41, 5.74) is 11.4. The number of nitrogens with zero attached hydrogens (tertiary/aromatic N) is 4. The number of carbonyl (C=O) groups is 1. The number of carbonyl (C=O) groups excluding carboxylic acids is 1. The number of nitrogens with two attached hydrogens (primary N) is 1. The summed E-state index contributed by atoms with van der Waals surface area (Å²) in [7, 11) is -1.57. The zero-order chi connectivity index (χ0) is 29.1. The number of aromatic nitrogens is 3. The Kier molecular flexibility index (Phi) is 8.13. The molecule has 2 aromatic carbocycles. The molecule has 0 atom stereocenters. The van der Waals surface area contributed by atoms with Crippen LogP contribution < -0.4 is 21.1 Å². The molecule has 2 aromatic heterocycles. The number of sulfone groups is 1. The predicted octanol–water partition coefficient (Wildman–Crippen LogP) is 3.54. The Bertz CT molecular complexity index is 1680. The van der Waals surface area contributed by atoms with Crippen molar-refractivity contribution >= 4 is 38.6 Å². The van der Waals surface area contributed by atoms with Crippen LogP contribution in [-0.4, -0.2) is 72.7 Å². The van der Waals surface area contributed by atoms with Crippen molar-refractivity contribution in [1.82, 2.24) is 19.5 Å². The van der Waals surface area contributed by atoms with E-state index in [1.807, 2.05) is 53.9 Å². The summed E-state index contributed by atoms with van der Waals surface area (Å²) in [6.45, 7) is 3.95. The lowest BCUT2D eigenvalue weighted by Crippen LogP contribution is -2.39. The zero-order valence-corrected chi connectivity index (χ0v) is 24.2. The van der Waals surface area contributed by atoms with Crippen LogP contribution in [0.15, 0.2) is 54.7 Å². The number of hydrogen-bond donors (Lipinski definition) is 3. The van der Waals surface area contributed by atoms with E-state index >= 15 is 0 Å². The molecule has 4 N–H and O–H groups in total. The molecule has 1 amide bonds. The van der Waals surface area contributed by atoms with Crippen LogP contribution in [0.1, 0.15) is 29.9 Å². The van der Waals surface area contributed by atoms with Crippen LogP contribution in [0, 0.1) is 6.92 Å². The highest BCUT2D eigenvalue weighted by Crippen LogP contribution is 2.36. The second kappa shape index (κ2) is 11.8. The maximum Gasteiger partial charge on any atom is 0.245 e. The highest BCUT2D eigenvalue weighted by molar-refractivity contribution is 7.90. The summed E-state index contributed by atoms with van der Waals surface area (Å²) in [6, 6.07) is 15.7. The van der Waals surface area contributed by atoms with E-state index in [0.29, 0.717) is 29.8 Å². The van der Waals surface area contributed by atoms with Crippen molar-refractivity contribution in [3.05, 3.63) is 65.9 Å². The number of benzene rings is 2. The number of nitrogens with one attached hydrogen (secondary N) is 2. The normalized spacial score (nSPS) is 14.7. The second-order valence-electron chi connectivity index (χ2n) is 10.5. The standard InChI is InChI=1S/C29H35N7O4S/c1-19-14-22-16-31-29(34-36(22)28(19)23-6-4-5-7-24(23)32-18-41(3,38)39)33-25-9-8-21(15-26(25)40-2)20-10-12-35(13-11-20)17-27(30)37/h4-9,14-16,20,32H,10-13,17-18H2,1-3H3,(H2,30,37)(H,33,34). The largest absolute Gasteiger partial charge is 0.495 e. The Morgan fingerprint density at radius 3 is 2.59 bits per heavy atom. The molecule has 216 valence electrons. The molecule has 4 aromatic rings. The number of ether oxygens (including phenoxy) is 1. The molecular formula is C29H35N7O4S. The lowest BCUT2D eigenvalue weighted by molar-refractivity contribution is -0.119. The summed E-state index contributed by atoms with van der Waals surface area (Å²) in [4.78, 5) is 17.9. The van der Waals surface area contributed by atoms with Gasteiger partial charge in [-0.1, -0.05) is 24.3 Å². The van der Waals surface area contributed by atoms with Gasteiger partial charge in [0.2, 0.25) is 11.9 Å². The van der Waals surface area contributed by atoms with E-state index in [2.05, 4.69) is 26.6 Å². The number of methoxy groups -OCH3 is 1. The summed E-state index contributed by atoms with van der Waals surface area (Å²) < 4.78 is 31.1. The third kappa shape index (κ3) is 6.60. The fraction of sp³-hybridized carbons (Fsp3) is 0.345. The number of piperidine rings is 1. The number of hydrogen-bond acceptors (Lipinski definition) is 9. The van der Waals surface area contributed by atoms with Crippen molar-refractivity contribution in [2.45, 2.75) is 25.7 Å². The van der Waals surface area contributed by atoms with Gasteiger partial charge < -0.3 is 21.1 Å². The van der Waals surface area contributed by atoms with Gasteiger partial charge in [-0.15, -0.1) is 5.10 Å². The number of rotatable bonds is 10. The third-order valence-electron chi connectivity index (χ3n) is 7.33. The second-order valence-corrected chi connectivity index (χ2v) is 12.6. The minimum atomic E-state index is -3.21. The molecule has 0 unspecified atom stereocenters. The van der Waals surface area contributed by atoms with Crippen molar-refractivity contribution in [3.8, 4) is 17.0 Å². The Morgan fingerprint density at radius 2 is 1.88 bits per heavy atom. The van der Waals surface area contributed by atoms with E-state index in [1.165, 1.54) is 11.8 Å². The smallest absolute Gasteiger partial charge is 0.245 e. The van der Waals surface area contributed by atoms with Gasteiger partial charge in [-0.25, -0.2) is 17.9 Å². The average Bonchev–Trinajstić information content (AvgIpc) is 3.26. The van der Waals surface area contributed by atoms with Crippen molar-refractivity contribution in [3.63, 3.8) is 0 Å². The first kappa shape index (κ1) is 28.4. The minimum Gasteiger partial charge on any atom is -0.495 e. The number of fused-ring (bicyclic) bond motifs is 1. The van der Waals surface area contributed by atoms with E-state index < -0.39 is 9.84 Å².